The predicted molar refractivity (Wildman–Crippen MR) is 80.8 cm³/mol. The molecule has 0 spiro atoms. The minimum Gasteiger partial charge on any atom is -0.340 e. The smallest absolute Gasteiger partial charge is 0.253 e. The summed E-state index contributed by atoms with van der Waals surface area (Å²) in [6.45, 7) is 3.12. The first-order chi connectivity index (χ1) is 11.2. The van der Waals surface area contributed by atoms with Crippen LogP contribution in [0.4, 0.5) is 0 Å². The van der Waals surface area contributed by atoms with E-state index in [1.54, 1.807) is 25.1 Å². The molecule has 2 aromatic heterocycles. The summed E-state index contributed by atoms with van der Waals surface area (Å²) in [5.41, 5.74) is 2.06. The van der Waals surface area contributed by atoms with Gasteiger partial charge >= 0.3 is 0 Å². The molecule has 0 bridgehead atoms. The van der Waals surface area contributed by atoms with Crippen LogP contribution >= 0.6 is 0 Å². The van der Waals surface area contributed by atoms with Crippen LogP contribution < -0.4 is 0 Å². The van der Waals surface area contributed by atoms with Crippen LogP contribution in [-0.4, -0.2) is 49.4 Å². The SMILES string of the molecule is Cc1nc(C2CCCN(C(=O)c3ccc4n[nH]nc4c3)C2)no1. The topological polar surface area (TPSA) is 101 Å². The van der Waals surface area contributed by atoms with Gasteiger partial charge < -0.3 is 9.42 Å². The quantitative estimate of drug-likeness (QED) is 0.772. The number of hydrogen-bond acceptors (Lipinski definition) is 6. The van der Waals surface area contributed by atoms with E-state index in [9.17, 15) is 4.79 Å². The summed E-state index contributed by atoms with van der Waals surface area (Å²) in [6, 6.07) is 5.36. The van der Waals surface area contributed by atoms with Crippen LogP contribution in [0.1, 0.15) is 40.8 Å². The molecule has 0 saturated carbocycles. The molecule has 1 amide bonds. The van der Waals surface area contributed by atoms with Gasteiger partial charge in [0, 0.05) is 31.5 Å². The number of nitrogens with one attached hydrogen (secondary N) is 1. The summed E-state index contributed by atoms with van der Waals surface area (Å²) >= 11 is 0. The third-order valence-electron chi connectivity index (χ3n) is 4.18. The number of carbonyl (C=O) groups is 1. The van der Waals surface area contributed by atoms with Crippen LogP contribution in [-0.2, 0) is 0 Å². The zero-order chi connectivity index (χ0) is 15.8. The van der Waals surface area contributed by atoms with Gasteiger partial charge in [-0.3, -0.25) is 4.79 Å². The largest absolute Gasteiger partial charge is 0.340 e. The molecule has 1 saturated heterocycles. The van der Waals surface area contributed by atoms with E-state index in [1.165, 1.54) is 0 Å². The second-order valence-electron chi connectivity index (χ2n) is 5.79. The minimum atomic E-state index is -0.000170. The second kappa shape index (κ2) is 5.45. The number of aryl methyl sites for hydroxylation is 1. The number of amides is 1. The van der Waals surface area contributed by atoms with Crippen molar-refractivity contribution in [3.05, 3.63) is 35.5 Å². The van der Waals surface area contributed by atoms with E-state index in [1.807, 2.05) is 4.90 Å². The molecular weight excluding hydrogens is 296 g/mol. The Hall–Kier alpha value is -2.77. The number of carbonyl (C=O) groups excluding carboxylic acids is 1. The predicted octanol–water partition coefficient (Wildman–Crippen LogP) is 1.67. The molecule has 1 N–H and O–H groups in total. The molecule has 1 aliphatic heterocycles. The summed E-state index contributed by atoms with van der Waals surface area (Å²) in [5, 5.41) is 14.6. The van der Waals surface area contributed by atoms with E-state index in [-0.39, 0.29) is 11.8 Å². The molecule has 0 aliphatic carbocycles. The lowest BCUT2D eigenvalue weighted by molar-refractivity contribution is 0.0703. The van der Waals surface area contributed by atoms with E-state index in [4.69, 9.17) is 4.52 Å². The van der Waals surface area contributed by atoms with Crippen LogP contribution in [0.3, 0.4) is 0 Å². The van der Waals surface area contributed by atoms with Crippen molar-refractivity contribution in [1.29, 1.82) is 0 Å². The minimum absolute atomic E-state index is 0.000170. The van der Waals surface area contributed by atoms with Crippen molar-refractivity contribution in [1.82, 2.24) is 30.5 Å². The monoisotopic (exact) mass is 312 g/mol. The van der Waals surface area contributed by atoms with Gasteiger partial charge in [-0.2, -0.15) is 20.4 Å². The van der Waals surface area contributed by atoms with E-state index >= 15 is 0 Å². The van der Waals surface area contributed by atoms with Crippen LogP contribution in [0.2, 0.25) is 0 Å². The third-order valence-corrected chi connectivity index (χ3v) is 4.18. The highest BCUT2D eigenvalue weighted by Gasteiger charge is 2.28. The summed E-state index contributed by atoms with van der Waals surface area (Å²) in [4.78, 5) is 18.9. The molecule has 1 aromatic carbocycles. The van der Waals surface area contributed by atoms with Crippen molar-refractivity contribution in [3.8, 4) is 0 Å². The maximum atomic E-state index is 12.8. The van der Waals surface area contributed by atoms with Crippen molar-refractivity contribution < 1.29 is 9.32 Å². The number of H-pyrrole nitrogens is 1. The zero-order valence-electron chi connectivity index (χ0n) is 12.7. The van der Waals surface area contributed by atoms with Crippen molar-refractivity contribution >= 4 is 16.9 Å². The standard InChI is InChI=1S/C15H16N6O2/c1-9-16-14(19-23-9)11-3-2-6-21(8-11)15(22)10-4-5-12-13(7-10)18-20-17-12/h4-5,7,11H,2-3,6,8H2,1H3,(H,17,18,20). The van der Waals surface area contributed by atoms with E-state index < -0.39 is 0 Å². The number of likely N-dealkylation sites (tertiary alicyclic amines) is 1. The molecule has 118 valence electrons. The van der Waals surface area contributed by atoms with Gasteiger partial charge in [-0.1, -0.05) is 5.16 Å². The van der Waals surface area contributed by atoms with Gasteiger partial charge in [0.2, 0.25) is 5.89 Å². The van der Waals surface area contributed by atoms with E-state index in [0.717, 1.165) is 24.9 Å². The first kappa shape index (κ1) is 13.9. The fourth-order valence-corrected chi connectivity index (χ4v) is 3.01. The molecule has 8 heteroatoms. The molecular formula is C15H16N6O2. The number of aromatic amines is 1. The highest BCUT2D eigenvalue weighted by atomic mass is 16.5. The Morgan fingerprint density at radius 1 is 1.35 bits per heavy atom. The second-order valence-corrected chi connectivity index (χ2v) is 5.79. The first-order valence-electron chi connectivity index (χ1n) is 7.61. The van der Waals surface area contributed by atoms with Gasteiger partial charge in [-0.05, 0) is 31.0 Å². The van der Waals surface area contributed by atoms with Crippen LogP contribution in [0.5, 0.6) is 0 Å². The summed E-state index contributed by atoms with van der Waals surface area (Å²) in [5.74, 6) is 1.37. The molecule has 1 unspecified atom stereocenters. The van der Waals surface area contributed by atoms with Gasteiger partial charge in [0.15, 0.2) is 5.82 Å². The Morgan fingerprint density at radius 2 is 2.22 bits per heavy atom. The van der Waals surface area contributed by atoms with E-state index in [2.05, 4.69) is 25.6 Å². The fourth-order valence-electron chi connectivity index (χ4n) is 3.01. The molecule has 4 rings (SSSR count). The maximum Gasteiger partial charge on any atom is 0.253 e. The summed E-state index contributed by atoms with van der Waals surface area (Å²) < 4.78 is 5.05. The Morgan fingerprint density at radius 3 is 3.04 bits per heavy atom. The highest BCUT2D eigenvalue weighted by Crippen LogP contribution is 2.26. The number of rotatable bonds is 2. The molecule has 23 heavy (non-hydrogen) atoms. The first-order valence-corrected chi connectivity index (χ1v) is 7.61. The lowest BCUT2D eigenvalue weighted by Gasteiger charge is -2.31. The molecule has 8 nitrogen and oxygen atoms in total. The van der Waals surface area contributed by atoms with Gasteiger partial charge in [0.25, 0.3) is 5.91 Å². The zero-order valence-corrected chi connectivity index (χ0v) is 12.7. The Balaban J connectivity index is 1.55. The average molecular weight is 312 g/mol. The maximum absolute atomic E-state index is 12.8. The van der Waals surface area contributed by atoms with Crippen molar-refractivity contribution in [3.63, 3.8) is 0 Å². The number of nitrogens with zero attached hydrogens (tertiary/aromatic N) is 5. The molecule has 1 aliphatic rings. The van der Waals surface area contributed by atoms with Crippen LogP contribution in [0.25, 0.3) is 11.0 Å². The lowest BCUT2D eigenvalue weighted by atomic mass is 9.96. The number of aromatic nitrogens is 5. The Kier molecular flexibility index (Phi) is 3.29. The van der Waals surface area contributed by atoms with Crippen LogP contribution in [0, 0.1) is 6.92 Å². The normalized spacial score (nSPS) is 18.5. The Labute approximate surface area is 131 Å². The van der Waals surface area contributed by atoms with Crippen molar-refractivity contribution in [2.45, 2.75) is 25.7 Å². The van der Waals surface area contributed by atoms with E-state index in [0.29, 0.717) is 29.3 Å². The van der Waals surface area contributed by atoms with Gasteiger partial charge in [-0.15, -0.1) is 0 Å². The van der Waals surface area contributed by atoms with Crippen molar-refractivity contribution in [2.75, 3.05) is 13.1 Å². The molecule has 3 heterocycles. The third kappa shape index (κ3) is 2.56. The molecule has 3 aromatic rings. The number of piperidine rings is 1. The lowest BCUT2D eigenvalue weighted by Crippen LogP contribution is -2.39. The molecule has 0 radical (unpaired) electrons. The Bertz CT molecular complexity index is 854. The highest BCUT2D eigenvalue weighted by molar-refractivity contribution is 5.97. The van der Waals surface area contributed by atoms with Crippen molar-refractivity contribution in [2.24, 2.45) is 0 Å². The molecule has 1 fully saturated rings. The van der Waals surface area contributed by atoms with Crippen LogP contribution in [0.15, 0.2) is 22.7 Å². The van der Waals surface area contributed by atoms with Gasteiger partial charge in [0.1, 0.15) is 11.0 Å². The molecule has 1 atom stereocenters. The average Bonchev–Trinajstić information content (AvgIpc) is 3.22. The number of benzene rings is 1. The van der Waals surface area contributed by atoms with Gasteiger partial charge in [0.05, 0.1) is 0 Å². The number of hydrogen-bond donors (Lipinski definition) is 1. The summed E-state index contributed by atoms with van der Waals surface area (Å²) in [6.07, 6.45) is 1.89. The fraction of sp³-hybridized carbons (Fsp3) is 0.400. The number of fused-ring (bicyclic) bond motifs is 1. The van der Waals surface area contributed by atoms with Gasteiger partial charge in [-0.25, -0.2) is 0 Å². The summed E-state index contributed by atoms with van der Waals surface area (Å²) in [7, 11) is 0.